The van der Waals surface area contributed by atoms with Gasteiger partial charge in [-0.05, 0) is 44.1 Å². The number of fused-ring (bicyclic) bond motifs is 1. The van der Waals surface area contributed by atoms with Crippen LogP contribution >= 0.6 is 0 Å². The van der Waals surface area contributed by atoms with E-state index in [9.17, 15) is 4.79 Å². The fraction of sp³-hybridized carbons (Fsp3) is 0.688. The van der Waals surface area contributed by atoms with Gasteiger partial charge in [0.25, 0.3) is 0 Å². The van der Waals surface area contributed by atoms with Crippen LogP contribution in [0.4, 0.5) is 5.95 Å². The molecule has 3 rings (SSSR count). The lowest BCUT2D eigenvalue weighted by Crippen LogP contribution is -2.37. The lowest BCUT2D eigenvalue weighted by atomic mass is 9.98. The second-order valence-electron chi connectivity index (χ2n) is 6.00. The van der Waals surface area contributed by atoms with Crippen molar-refractivity contribution in [2.45, 2.75) is 45.4 Å². The van der Waals surface area contributed by atoms with Crippen LogP contribution in [-0.2, 0) is 17.6 Å². The summed E-state index contributed by atoms with van der Waals surface area (Å²) in [5.74, 6) is 0.943. The Morgan fingerprint density at radius 1 is 1.19 bits per heavy atom. The van der Waals surface area contributed by atoms with Crippen molar-refractivity contribution in [1.82, 2.24) is 14.9 Å². The van der Waals surface area contributed by atoms with Crippen LogP contribution in [-0.4, -0.2) is 47.0 Å². The van der Waals surface area contributed by atoms with Crippen LogP contribution in [0.25, 0.3) is 0 Å². The first-order chi connectivity index (χ1) is 10.3. The number of anilines is 1. The second-order valence-corrected chi connectivity index (χ2v) is 6.00. The Hall–Kier alpha value is -1.65. The largest absolute Gasteiger partial charge is 0.341 e. The maximum Gasteiger partial charge on any atom is 0.242 e. The first kappa shape index (κ1) is 14.3. The number of hydrogen-bond donors (Lipinski definition) is 0. The highest BCUT2D eigenvalue weighted by atomic mass is 16.2. The van der Waals surface area contributed by atoms with Crippen LogP contribution in [0.2, 0.25) is 0 Å². The van der Waals surface area contributed by atoms with Crippen LogP contribution in [0.15, 0.2) is 6.20 Å². The van der Waals surface area contributed by atoms with Crippen LogP contribution < -0.4 is 4.90 Å². The van der Waals surface area contributed by atoms with Crippen molar-refractivity contribution in [2.24, 2.45) is 0 Å². The van der Waals surface area contributed by atoms with Crippen molar-refractivity contribution >= 4 is 11.9 Å². The lowest BCUT2D eigenvalue weighted by Gasteiger charge is -2.23. The van der Waals surface area contributed by atoms with E-state index in [0.29, 0.717) is 6.54 Å². The van der Waals surface area contributed by atoms with Gasteiger partial charge < -0.3 is 9.80 Å². The van der Waals surface area contributed by atoms with Crippen molar-refractivity contribution in [1.29, 1.82) is 0 Å². The Balaban J connectivity index is 1.76. The summed E-state index contributed by atoms with van der Waals surface area (Å²) < 4.78 is 0. The van der Waals surface area contributed by atoms with Crippen molar-refractivity contribution in [3.05, 3.63) is 17.5 Å². The average Bonchev–Trinajstić information content (AvgIpc) is 2.70. The zero-order valence-corrected chi connectivity index (χ0v) is 12.8. The molecule has 0 bridgehead atoms. The summed E-state index contributed by atoms with van der Waals surface area (Å²) in [4.78, 5) is 25.6. The zero-order valence-electron chi connectivity index (χ0n) is 12.8. The summed E-state index contributed by atoms with van der Waals surface area (Å²) in [5, 5.41) is 0. The molecule has 0 radical (unpaired) electrons. The van der Waals surface area contributed by atoms with Crippen molar-refractivity contribution in [3.8, 4) is 0 Å². The average molecular weight is 288 g/mol. The van der Waals surface area contributed by atoms with E-state index >= 15 is 0 Å². The molecule has 1 aromatic heterocycles. The highest BCUT2D eigenvalue weighted by molar-refractivity contribution is 5.81. The predicted molar refractivity (Wildman–Crippen MR) is 82.4 cm³/mol. The Morgan fingerprint density at radius 2 is 2.05 bits per heavy atom. The van der Waals surface area contributed by atoms with Crippen molar-refractivity contribution < 1.29 is 4.79 Å². The number of carbonyl (C=O) groups excluding carboxylic acids is 1. The number of amides is 1. The summed E-state index contributed by atoms with van der Waals surface area (Å²) in [5.41, 5.74) is 2.48. The van der Waals surface area contributed by atoms with E-state index in [4.69, 9.17) is 4.98 Å². The molecule has 2 aliphatic rings. The van der Waals surface area contributed by atoms with Gasteiger partial charge in [0.2, 0.25) is 11.9 Å². The third kappa shape index (κ3) is 3.17. The van der Waals surface area contributed by atoms with Gasteiger partial charge in [-0.1, -0.05) is 6.92 Å². The van der Waals surface area contributed by atoms with Crippen LogP contribution in [0, 0.1) is 0 Å². The molecular weight excluding hydrogens is 264 g/mol. The van der Waals surface area contributed by atoms with Gasteiger partial charge in [0.1, 0.15) is 0 Å². The molecule has 2 heterocycles. The van der Waals surface area contributed by atoms with Gasteiger partial charge in [-0.3, -0.25) is 4.79 Å². The lowest BCUT2D eigenvalue weighted by molar-refractivity contribution is -0.129. The van der Waals surface area contributed by atoms with Gasteiger partial charge in [0, 0.05) is 31.5 Å². The summed E-state index contributed by atoms with van der Waals surface area (Å²) in [6.07, 6.45) is 8.58. The van der Waals surface area contributed by atoms with Gasteiger partial charge in [-0.2, -0.15) is 0 Å². The minimum absolute atomic E-state index is 0.204. The standard InChI is InChI=1S/C16H24N4O/c1-2-8-19-9-5-10-20(12-15(19)21)16-17-11-13-6-3-4-7-14(13)18-16/h11H,2-10,12H2,1H3. The summed E-state index contributed by atoms with van der Waals surface area (Å²) >= 11 is 0. The molecule has 21 heavy (non-hydrogen) atoms. The smallest absolute Gasteiger partial charge is 0.242 e. The molecule has 0 atom stereocenters. The zero-order chi connectivity index (χ0) is 14.7. The first-order valence-corrected chi connectivity index (χ1v) is 8.15. The second kappa shape index (κ2) is 6.41. The minimum Gasteiger partial charge on any atom is -0.341 e. The molecule has 5 heteroatoms. The molecule has 1 aliphatic heterocycles. The predicted octanol–water partition coefficient (Wildman–Crippen LogP) is 1.80. The Morgan fingerprint density at radius 3 is 2.90 bits per heavy atom. The van der Waals surface area contributed by atoms with E-state index < -0.39 is 0 Å². The van der Waals surface area contributed by atoms with Gasteiger partial charge in [0.05, 0.1) is 6.54 Å². The molecule has 0 saturated carbocycles. The molecule has 0 N–H and O–H groups in total. The summed E-state index contributed by atoms with van der Waals surface area (Å²) in [6, 6.07) is 0. The van der Waals surface area contributed by atoms with Gasteiger partial charge in [-0.15, -0.1) is 0 Å². The molecule has 5 nitrogen and oxygen atoms in total. The van der Waals surface area contributed by atoms with Crippen LogP contribution in [0.5, 0.6) is 0 Å². The normalized spacial score (nSPS) is 19.4. The number of nitrogens with zero attached hydrogens (tertiary/aromatic N) is 4. The molecule has 0 aromatic carbocycles. The van der Waals surface area contributed by atoms with Gasteiger partial charge in [0.15, 0.2) is 0 Å². The third-order valence-electron chi connectivity index (χ3n) is 4.36. The molecule has 1 fully saturated rings. The van der Waals surface area contributed by atoms with Crippen molar-refractivity contribution in [3.63, 3.8) is 0 Å². The quantitative estimate of drug-likeness (QED) is 0.851. The number of aromatic nitrogens is 2. The monoisotopic (exact) mass is 288 g/mol. The summed E-state index contributed by atoms with van der Waals surface area (Å²) in [7, 11) is 0. The van der Waals surface area contributed by atoms with E-state index in [0.717, 1.165) is 51.3 Å². The number of carbonyl (C=O) groups is 1. The maximum absolute atomic E-state index is 12.3. The minimum atomic E-state index is 0.204. The maximum atomic E-state index is 12.3. The highest BCUT2D eigenvalue weighted by Crippen LogP contribution is 2.21. The SMILES string of the molecule is CCCN1CCCN(c2ncc3c(n2)CCCC3)CC1=O. The molecule has 0 unspecified atom stereocenters. The van der Waals surface area contributed by atoms with Crippen molar-refractivity contribution in [2.75, 3.05) is 31.1 Å². The Labute approximate surface area is 126 Å². The summed E-state index contributed by atoms with van der Waals surface area (Å²) in [6.45, 7) is 5.11. The number of rotatable bonds is 3. The molecule has 1 saturated heterocycles. The van der Waals surface area contributed by atoms with Crippen LogP contribution in [0.1, 0.15) is 43.9 Å². The van der Waals surface area contributed by atoms with E-state index in [1.807, 2.05) is 16.0 Å². The van der Waals surface area contributed by atoms with Gasteiger partial charge >= 0.3 is 0 Å². The number of aryl methyl sites for hydroxylation is 2. The molecule has 1 aliphatic carbocycles. The Bertz CT molecular complexity index is 517. The van der Waals surface area contributed by atoms with E-state index in [1.54, 1.807) is 0 Å². The molecular formula is C16H24N4O. The highest BCUT2D eigenvalue weighted by Gasteiger charge is 2.23. The molecule has 0 spiro atoms. The number of hydrogen-bond acceptors (Lipinski definition) is 4. The van der Waals surface area contributed by atoms with E-state index in [1.165, 1.54) is 24.1 Å². The third-order valence-corrected chi connectivity index (χ3v) is 4.36. The topological polar surface area (TPSA) is 49.3 Å². The fourth-order valence-corrected chi connectivity index (χ4v) is 3.21. The first-order valence-electron chi connectivity index (χ1n) is 8.15. The fourth-order valence-electron chi connectivity index (χ4n) is 3.21. The van der Waals surface area contributed by atoms with E-state index in [2.05, 4.69) is 11.9 Å². The molecule has 1 aromatic rings. The van der Waals surface area contributed by atoms with Crippen LogP contribution in [0.3, 0.4) is 0 Å². The Kier molecular flexibility index (Phi) is 4.36. The molecule has 1 amide bonds. The molecule has 114 valence electrons. The van der Waals surface area contributed by atoms with Gasteiger partial charge in [-0.25, -0.2) is 9.97 Å². The van der Waals surface area contributed by atoms with E-state index in [-0.39, 0.29) is 5.91 Å².